The van der Waals surface area contributed by atoms with Crippen LogP contribution in [0.4, 0.5) is 8.78 Å². The number of carbonyl (C=O) groups is 1. The fraction of sp³-hybridized carbons (Fsp3) is 0.333. The second-order valence-electron chi connectivity index (χ2n) is 5.40. The van der Waals surface area contributed by atoms with E-state index in [1.165, 1.54) is 22.8 Å². The third kappa shape index (κ3) is 3.79. The number of carboxylic acids is 1. The molecule has 0 saturated heterocycles. The molecule has 0 spiro atoms. The van der Waals surface area contributed by atoms with Crippen molar-refractivity contribution < 1.29 is 23.4 Å². The molecule has 1 heterocycles. The fourth-order valence-electron chi connectivity index (χ4n) is 1.78. The number of hydrogen-bond acceptors (Lipinski definition) is 4. The van der Waals surface area contributed by atoms with Gasteiger partial charge in [0.05, 0.1) is 11.6 Å². The molecule has 2 aromatic rings. The molecule has 4 nitrogen and oxygen atoms in total. The highest BCUT2D eigenvalue weighted by Gasteiger charge is 2.25. The zero-order valence-electron chi connectivity index (χ0n) is 12.1. The molecule has 0 amide bonds. The number of hydrogen-bond donors (Lipinski definition) is 1. The van der Waals surface area contributed by atoms with Gasteiger partial charge >= 0.3 is 5.97 Å². The predicted molar refractivity (Wildman–Crippen MR) is 78.6 cm³/mol. The van der Waals surface area contributed by atoms with Gasteiger partial charge in [0, 0.05) is 16.9 Å². The molecule has 0 aliphatic carbocycles. The molecule has 2 rings (SSSR count). The summed E-state index contributed by atoms with van der Waals surface area (Å²) in [6.07, 6.45) is 0.554. The Morgan fingerprint density at radius 1 is 1.36 bits per heavy atom. The van der Waals surface area contributed by atoms with E-state index >= 15 is 0 Å². The normalized spacial score (nSPS) is 11.5. The van der Waals surface area contributed by atoms with Gasteiger partial charge in [0.25, 0.3) is 0 Å². The van der Waals surface area contributed by atoms with E-state index in [0.29, 0.717) is 11.4 Å². The first-order valence-electron chi connectivity index (χ1n) is 6.57. The molecular weight excluding hydrogens is 312 g/mol. The third-order valence-electron chi connectivity index (χ3n) is 3.19. The first-order chi connectivity index (χ1) is 10.3. The number of carboxylic acid groups (broad SMARTS) is 1. The molecular formula is C15H15F2NO3S. The lowest BCUT2D eigenvalue weighted by molar-refractivity contribution is 0.0691. The average molecular weight is 327 g/mol. The van der Waals surface area contributed by atoms with Gasteiger partial charge in [-0.2, -0.15) is 0 Å². The number of thiazole rings is 1. The zero-order valence-corrected chi connectivity index (χ0v) is 12.9. The van der Waals surface area contributed by atoms with Gasteiger partial charge in [-0.3, -0.25) is 0 Å². The van der Waals surface area contributed by atoms with Crippen LogP contribution in [0.3, 0.4) is 0 Å². The minimum Gasteiger partial charge on any atom is -0.493 e. The zero-order chi connectivity index (χ0) is 16.3. The molecule has 1 aromatic heterocycles. The van der Waals surface area contributed by atoms with Crippen LogP contribution >= 0.6 is 11.3 Å². The van der Waals surface area contributed by atoms with Crippen molar-refractivity contribution in [1.29, 1.82) is 0 Å². The monoisotopic (exact) mass is 327 g/mol. The van der Waals surface area contributed by atoms with Crippen LogP contribution in [0.5, 0.6) is 5.75 Å². The molecule has 0 aliphatic rings. The molecule has 22 heavy (non-hydrogen) atoms. The van der Waals surface area contributed by atoms with Gasteiger partial charge in [-0.25, -0.2) is 18.6 Å². The molecule has 0 bridgehead atoms. The van der Waals surface area contributed by atoms with Gasteiger partial charge in [0.2, 0.25) is 0 Å². The average Bonchev–Trinajstić information content (AvgIpc) is 2.93. The first-order valence-corrected chi connectivity index (χ1v) is 7.45. The highest BCUT2D eigenvalue weighted by Crippen LogP contribution is 2.30. The van der Waals surface area contributed by atoms with Crippen molar-refractivity contribution >= 4 is 17.3 Å². The Morgan fingerprint density at radius 2 is 2.09 bits per heavy atom. The van der Waals surface area contributed by atoms with Crippen molar-refractivity contribution in [3.05, 3.63) is 45.9 Å². The number of aromatic carboxylic acids is 1. The second-order valence-corrected chi connectivity index (χ2v) is 6.26. The quantitative estimate of drug-likeness (QED) is 0.875. The Bertz CT molecular complexity index is 685. The van der Waals surface area contributed by atoms with Gasteiger partial charge in [-0.15, -0.1) is 11.3 Å². The third-order valence-corrected chi connectivity index (χ3v) is 4.40. The molecule has 7 heteroatoms. The van der Waals surface area contributed by atoms with Crippen molar-refractivity contribution in [1.82, 2.24) is 4.98 Å². The summed E-state index contributed by atoms with van der Waals surface area (Å²) in [6.45, 7) is 4.12. The second kappa shape index (κ2) is 6.39. The standard InChI is InChI=1S/C15H15F2NO3S/c1-15(2,14-18-12(8-22-14)13(19)20)5-6-21-9-3-4-10(16)11(17)7-9/h3-4,7-8H,5-6H2,1-2H3,(H,19,20). The number of benzene rings is 1. The molecule has 118 valence electrons. The maximum Gasteiger partial charge on any atom is 0.355 e. The summed E-state index contributed by atoms with van der Waals surface area (Å²) in [5, 5.41) is 11.1. The van der Waals surface area contributed by atoms with E-state index in [4.69, 9.17) is 9.84 Å². The molecule has 0 unspecified atom stereocenters. The molecule has 1 aromatic carbocycles. The number of aromatic nitrogens is 1. The maximum atomic E-state index is 13.1. The Balaban J connectivity index is 1.96. The van der Waals surface area contributed by atoms with Crippen LogP contribution in [0, 0.1) is 11.6 Å². The lowest BCUT2D eigenvalue weighted by atomic mass is 9.90. The first kappa shape index (κ1) is 16.4. The summed E-state index contributed by atoms with van der Waals surface area (Å²) >= 11 is 1.28. The van der Waals surface area contributed by atoms with E-state index in [2.05, 4.69) is 4.98 Å². The molecule has 0 fully saturated rings. The van der Waals surface area contributed by atoms with Crippen LogP contribution in [0.15, 0.2) is 23.6 Å². The SMILES string of the molecule is CC(C)(CCOc1ccc(F)c(F)c1)c1nc(C(=O)O)cs1. The van der Waals surface area contributed by atoms with E-state index < -0.39 is 17.6 Å². The van der Waals surface area contributed by atoms with Gasteiger partial charge < -0.3 is 9.84 Å². The van der Waals surface area contributed by atoms with Crippen LogP contribution in [-0.4, -0.2) is 22.7 Å². The summed E-state index contributed by atoms with van der Waals surface area (Å²) in [6, 6.07) is 3.36. The lowest BCUT2D eigenvalue weighted by Crippen LogP contribution is -2.21. The summed E-state index contributed by atoms with van der Waals surface area (Å²) in [4.78, 5) is 14.9. The minimum atomic E-state index is -1.06. The van der Waals surface area contributed by atoms with Gasteiger partial charge in [0.1, 0.15) is 5.75 Å². The lowest BCUT2D eigenvalue weighted by Gasteiger charge is -2.21. The molecule has 0 aliphatic heterocycles. The number of nitrogens with zero attached hydrogens (tertiary/aromatic N) is 1. The Labute approximate surface area is 130 Å². The predicted octanol–water partition coefficient (Wildman–Crippen LogP) is 3.87. The van der Waals surface area contributed by atoms with E-state index in [1.807, 2.05) is 13.8 Å². The van der Waals surface area contributed by atoms with Crippen LogP contribution in [0.2, 0.25) is 0 Å². The van der Waals surface area contributed by atoms with Crippen LogP contribution in [0.1, 0.15) is 35.8 Å². The topological polar surface area (TPSA) is 59.4 Å². The minimum absolute atomic E-state index is 0.0228. The van der Waals surface area contributed by atoms with Crippen LogP contribution in [0.25, 0.3) is 0 Å². The summed E-state index contributed by atoms with van der Waals surface area (Å²) in [5.41, 5.74) is -0.355. The van der Waals surface area contributed by atoms with Crippen molar-refractivity contribution in [2.45, 2.75) is 25.7 Å². The largest absolute Gasteiger partial charge is 0.493 e. The van der Waals surface area contributed by atoms with Crippen molar-refractivity contribution in [2.75, 3.05) is 6.61 Å². The molecule has 0 saturated carbocycles. The summed E-state index contributed by atoms with van der Waals surface area (Å²) in [7, 11) is 0. The van der Waals surface area contributed by atoms with Crippen molar-refractivity contribution in [3.63, 3.8) is 0 Å². The highest BCUT2D eigenvalue weighted by molar-refractivity contribution is 7.10. The van der Waals surface area contributed by atoms with E-state index in [1.54, 1.807) is 0 Å². The van der Waals surface area contributed by atoms with Gasteiger partial charge in [0.15, 0.2) is 17.3 Å². The highest BCUT2D eigenvalue weighted by atomic mass is 32.1. The van der Waals surface area contributed by atoms with Crippen LogP contribution < -0.4 is 4.74 Å². The van der Waals surface area contributed by atoms with E-state index in [-0.39, 0.29) is 23.5 Å². The van der Waals surface area contributed by atoms with Gasteiger partial charge in [-0.05, 0) is 18.6 Å². The van der Waals surface area contributed by atoms with Crippen LogP contribution in [-0.2, 0) is 5.41 Å². The molecule has 1 N–H and O–H groups in total. The van der Waals surface area contributed by atoms with Crippen molar-refractivity contribution in [2.24, 2.45) is 0 Å². The Morgan fingerprint density at radius 3 is 2.68 bits per heavy atom. The van der Waals surface area contributed by atoms with E-state index in [0.717, 1.165) is 12.1 Å². The van der Waals surface area contributed by atoms with Crippen molar-refractivity contribution in [3.8, 4) is 5.75 Å². The maximum absolute atomic E-state index is 13.1. The number of rotatable bonds is 6. The summed E-state index contributed by atoms with van der Waals surface area (Å²) in [5.74, 6) is -2.68. The molecule has 0 radical (unpaired) electrons. The Kier molecular flexibility index (Phi) is 4.75. The summed E-state index contributed by atoms with van der Waals surface area (Å²) < 4.78 is 31.3. The van der Waals surface area contributed by atoms with E-state index in [9.17, 15) is 13.6 Å². The molecule has 0 atom stereocenters. The number of ether oxygens (including phenoxy) is 1. The van der Waals surface area contributed by atoms with Gasteiger partial charge in [-0.1, -0.05) is 13.8 Å². The number of halogens is 2. The smallest absolute Gasteiger partial charge is 0.355 e. The fourth-order valence-corrected chi connectivity index (χ4v) is 2.73. The Hall–Kier alpha value is -2.02.